The second-order valence-electron chi connectivity index (χ2n) is 7.07. The van der Waals surface area contributed by atoms with Crippen molar-refractivity contribution in [2.45, 2.75) is 58.4 Å². The Balaban J connectivity index is 1.95. The van der Waals surface area contributed by atoms with Gasteiger partial charge in [-0.2, -0.15) is 0 Å². The summed E-state index contributed by atoms with van der Waals surface area (Å²) in [5, 5.41) is 3.70. The summed E-state index contributed by atoms with van der Waals surface area (Å²) in [6, 6.07) is 0.573. The molecule has 0 aromatic carbocycles. The molecule has 1 heterocycles. The Bertz CT molecular complexity index is 302. The van der Waals surface area contributed by atoms with Crippen LogP contribution in [-0.2, 0) is 10.8 Å². The third kappa shape index (κ3) is 5.12. The molecule has 0 radical (unpaired) electrons. The van der Waals surface area contributed by atoms with E-state index in [0.29, 0.717) is 11.5 Å². The van der Waals surface area contributed by atoms with E-state index in [-0.39, 0.29) is 0 Å². The predicted molar refractivity (Wildman–Crippen MR) is 87.6 cm³/mol. The van der Waals surface area contributed by atoms with Gasteiger partial charge in [0.1, 0.15) is 0 Å². The van der Waals surface area contributed by atoms with Gasteiger partial charge in [0.2, 0.25) is 0 Å². The maximum Gasteiger partial charge on any atom is 0.0363 e. The molecule has 0 aromatic rings. The standard InChI is InChI=1S/C16H32N2OS/c1-15(2)17-13-16(7-5-3-4-6-8-16)14-18-9-11-20(19)12-10-18/h15,17H,3-14H2,1-2H3. The summed E-state index contributed by atoms with van der Waals surface area (Å²) in [6.07, 6.45) is 8.33. The summed E-state index contributed by atoms with van der Waals surface area (Å²) in [6.45, 7) is 8.93. The van der Waals surface area contributed by atoms with E-state index in [1.807, 2.05) is 0 Å². The van der Waals surface area contributed by atoms with E-state index in [9.17, 15) is 4.21 Å². The molecule has 0 bridgehead atoms. The molecule has 2 fully saturated rings. The highest BCUT2D eigenvalue weighted by molar-refractivity contribution is 7.85. The van der Waals surface area contributed by atoms with Crippen LogP contribution in [0.5, 0.6) is 0 Å². The zero-order valence-electron chi connectivity index (χ0n) is 13.3. The molecule has 4 heteroatoms. The van der Waals surface area contributed by atoms with E-state index in [1.165, 1.54) is 45.1 Å². The Morgan fingerprint density at radius 2 is 1.70 bits per heavy atom. The molecule has 20 heavy (non-hydrogen) atoms. The molecule has 1 saturated carbocycles. The molecule has 118 valence electrons. The molecule has 3 nitrogen and oxygen atoms in total. The largest absolute Gasteiger partial charge is 0.314 e. The van der Waals surface area contributed by atoms with Crippen LogP contribution in [0.15, 0.2) is 0 Å². The van der Waals surface area contributed by atoms with Crippen molar-refractivity contribution in [3.63, 3.8) is 0 Å². The van der Waals surface area contributed by atoms with Crippen molar-refractivity contribution >= 4 is 10.8 Å². The van der Waals surface area contributed by atoms with Gasteiger partial charge in [-0.05, 0) is 18.3 Å². The Hall–Kier alpha value is 0.0700. The molecular weight excluding hydrogens is 268 g/mol. The normalized spacial score (nSPS) is 25.8. The summed E-state index contributed by atoms with van der Waals surface area (Å²) in [4.78, 5) is 2.58. The second kappa shape index (κ2) is 7.90. The van der Waals surface area contributed by atoms with E-state index < -0.39 is 10.8 Å². The lowest BCUT2D eigenvalue weighted by Gasteiger charge is -2.40. The van der Waals surface area contributed by atoms with Crippen molar-refractivity contribution in [3.05, 3.63) is 0 Å². The van der Waals surface area contributed by atoms with Crippen LogP contribution >= 0.6 is 0 Å². The highest BCUT2D eigenvalue weighted by atomic mass is 32.2. The molecule has 0 spiro atoms. The first-order valence-corrected chi connectivity index (χ1v) is 9.89. The van der Waals surface area contributed by atoms with Gasteiger partial charge in [0.25, 0.3) is 0 Å². The first kappa shape index (κ1) is 16.4. The minimum absolute atomic E-state index is 0.458. The van der Waals surface area contributed by atoms with Crippen LogP contribution in [0.4, 0.5) is 0 Å². The number of nitrogens with zero attached hydrogens (tertiary/aromatic N) is 1. The first-order valence-electron chi connectivity index (χ1n) is 8.40. The second-order valence-corrected chi connectivity index (χ2v) is 8.77. The third-order valence-electron chi connectivity index (χ3n) is 4.88. The van der Waals surface area contributed by atoms with Gasteiger partial charge >= 0.3 is 0 Å². The summed E-state index contributed by atoms with van der Waals surface area (Å²) in [7, 11) is -0.553. The molecule has 1 N–H and O–H groups in total. The van der Waals surface area contributed by atoms with E-state index in [4.69, 9.17) is 0 Å². The summed E-state index contributed by atoms with van der Waals surface area (Å²) in [5.41, 5.74) is 0.458. The molecule has 2 rings (SSSR count). The molecule has 1 saturated heterocycles. The first-order chi connectivity index (χ1) is 9.60. The summed E-state index contributed by atoms with van der Waals surface area (Å²) < 4.78 is 11.5. The van der Waals surface area contributed by atoms with Gasteiger partial charge in [0.15, 0.2) is 0 Å². The SMILES string of the molecule is CC(C)NCC1(CN2CCS(=O)CC2)CCCCCC1. The average Bonchev–Trinajstić information content (AvgIpc) is 2.66. The Labute approximate surface area is 127 Å². The van der Waals surface area contributed by atoms with Crippen LogP contribution in [0.25, 0.3) is 0 Å². The lowest BCUT2D eigenvalue weighted by molar-refractivity contribution is 0.131. The minimum atomic E-state index is -0.553. The van der Waals surface area contributed by atoms with Gasteiger partial charge in [-0.15, -0.1) is 0 Å². The van der Waals surface area contributed by atoms with Gasteiger partial charge in [-0.1, -0.05) is 39.5 Å². The van der Waals surface area contributed by atoms with Crippen LogP contribution < -0.4 is 5.32 Å². The molecule has 0 aromatic heterocycles. The molecule has 1 aliphatic carbocycles. The molecule has 1 aliphatic heterocycles. The average molecular weight is 301 g/mol. The maximum absolute atomic E-state index is 11.5. The lowest BCUT2D eigenvalue weighted by Crippen LogP contribution is -2.49. The van der Waals surface area contributed by atoms with E-state index in [2.05, 4.69) is 24.1 Å². The van der Waals surface area contributed by atoms with Crippen LogP contribution in [0, 0.1) is 5.41 Å². The van der Waals surface area contributed by atoms with E-state index in [1.54, 1.807) is 0 Å². The topological polar surface area (TPSA) is 32.3 Å². The molecular formula is C16H32N2OS. The van der Waals surface area contributed by atoms with Gasteiger partial charge in [0.05, 0.1) is 0 Å². The minimum Gasteiger partial charge on any atom is -0.314 e. The number of hydrogen-bond donors (Lipinski definition) is 1. The fraction of sp³-hybridized carbons (Fsp3) is 1.00. The highest BCUT2D eigenvalue weighted by Gasteiger charge is 2.33. The smallest absolute Gasteiger partial charge is 0.0363 e. The predicted octanol–water partition coefficient (Wildman–Crippen LogP) is 2.39. The fourth-order valence-electron chi connectivity index (χ4n) is 3.60. The van der Waals surface area contributed by atoms with Crippen LogP contribution in [-0.4, -0.2) is 52.8 Å². The van der Waals surface area contributed by atoms with Crippen molar-refractivity contribution in [3.8, 4) is 0 Å². The van der Waals surface area contributed by atoms with Crippen LogP contribution in [0.3, 0.4) is 0 Å². The Morgan fingerprint density at radius 3 is 2.25 bits per heavy atom. The number of nitrogens with one attached hydrogen (secondary N) is 1. The number of hydrogen-bond acceptors (Lipinski definition) is 3. The maximum atomic E-state index is 11.5. The fourth-order valence-corrected chi connectivity index (χ4v) is 4.73. The van der Waals surface area contributed by atoms with E-state index >= 15 is 0 Å². The van der Waals surface area contributed by atoms with Gasteiger partial charge in [-0.25, -0.2) is 0 Å². The summed E-state index contributed by atoms with van der Waals surface area (Å²) >= 11 is 0. The number of rotatable bonds is 5. The highest BCUT2D eigenvalue weighted by Crippen LogP contribution is 2.35. The third-order valence-corrected chi connectivity index (χ3v) is 6.15. The van der Waals surface area contributed by atoms with Crippen molar-refractivity contribution in [2.75, 3.05) is 37.7 Å². The lowest BCUT2D eigenvalue weighted by atomic mass is 9.79. The van der Waals surface area contributed by atoms with Crippen LogP contribution in [0.1, 0.15) is 52.4 Å². The Morgan fingerprint density at radius 1 is 1.10 bits per heavy atom. The quantitative estimate of drug-likeness (QED) is 0.791. The zero-order valence-corrected chi connectivity index (χ0v) is 14.1. The molecule has 2 aliphatic rings. The zero-order chi connectivity index (χ0) is 14.4. The van der Waals surface area contributed by atoms with Gasteiger partial charge in [0, 0.05) is 54.5 Å². The summed E-state index contributed by atoms with van der Waals surface area (Å²) in [5.74, 6) is 1.77. The van der Waals surface area contributed by atoms with Crippen molar-refractivity contribution in [1.29, 1.82) is 0 Å². The molecule has 0 unspecified atom stereocenters. The van der Waals surface area contributed by atoms with Crippen LogP contribution in [0.2, 0.25) is 0 Å². The monoisotopic (exact) mass is 300 g/mol. The van der Waals surface area contributed by atoms with Gasteiger partial charge < -0.3 is 10.2 Å². The molecule has 0 amide bonds. The Kier molecular flexibility index (Phi) is 6.50. The van der Waals surface area contributed by atoms with Crippen molar-refractivity contribution in [2.24, 2.45) is 5.41 Å². The van der Waals surface area contributed by atoms with Crippen molar-refractivity contribution < 1.29 is 4.21 Å². The van der Waals surface area contributed by atoms with E-state index in [0.717, 1.165) is 31.1 Å². The molecule has 0 atom stereocenters. The van der Waals surface area contributed by atoms with Crippen molar-refractivity contribution in [1.82, 2.24) is 10.2 Å². The van der Waals surface area contributed by atoms with Gasteiger partial charge in [-0.3, -0.25) is 4.21 Å².